The predicted molar refractivity (Wildman–Crippen MR) is 65.3 cm³/mol. The van der Waals surface area contributed by atoms with Crippen molar-refractivity contribution < 1.29 is 19.8 Å². The Bertz CT molecular complexity index is 307. The fourth-order valence-corrected chi connectivity index (χ4v) is 1.57. The summed E-state index contributed by atoms with van der Waals surface area (Å²) in [7, 11) is 2.02. The van der Waals surface area contributed by atoms with E-state index in [-0.39, 0.29) is 12.6 Å². The summed E-state index contributed by atoms with van der Waals surface area (Å²) in [5.74, 6) is -1.35. The molecule has 0 aromatic heterocycles. The Balaban J connectivity index is 2.14. The highest BCUT2D eigenvalue weighted by atomic mass is 16.4. The Labute approximate surface area is 106 Å². The number of carbonyl (C=O) groups excluding carboxylic acids is 1. The summed E-state index contributed by atoms with van der Waals surface area (Å²) in [5, 5.41) is 22.3. The van der Waals surface area contributed by atoms with E-state index in [0.29, 0.717) is 12.6 Å². The summed E-state index contributed by atoms with van der Waals surface area (Å²) < 4.78 is 0. The average molecular weight is 259 g/mol. The summed E-state index contributed by atoms with van der Waals surface area (Å²) in [6, 6.07) is 0.387. The molecular weight excluding hydrogens is 238 g/mol. The number of amides is 2. The minimum Gasteiger partial charge on any atom is -0.479 e. The Hall–Kier alpha value is -1.34. The van der Waals surface area contributed by atoms with E-state index in [2.05, 4.69) is 15.5 Å². The molecule has 1 aliphatic rings. The molecule has 0 radical (unpaired) electrons. The van der Waals surface area contributed by atoms with Crippen LogP contribution in [0.2, 0.25) is 0 Å². The van der Waals surface area contributed by atoms with Crippen LogP contribution in [0.4, 0.5) is 4.79 Å². The number of aliphatic hydroxyl groups excluding tert-OH is 1. The van der Waals surface area contributed by atoms with Crippen molar-refractivity contribution in [3.05, 3.63) is 0 Å². The van der Waals surface area contributed by atoms with Crippen molar-refractivity contribution in [1.82, 2.24) is 15.5 Å². The Morgan fingerprint density at radius 3 is 2.39 bits per heavy atom. The van der Waals surface area contributed by atoms with Crippen LogP contribution in [0.15, 0.2) is 0 Å². The van der Waals surface area contributed by atoms with Crippen LogP contribution in [0, 0.1) is 0 Å². The van der Waals surface area contributed by atoms with Crippen LogP contribution >= 0.6 is 0 Å². The van der Waals surface area contributed by atoms with Gasteiger partial charge in [-0.3, -0.25) is 4.90 Å². The van der Waals surface area contributed by atoms with Crippen molar-refractivity contribution in [2.75, 3.05) is 20.1 Å². The Kier molecular flexibility index (Phi) is 5.36. The second-order valence-electron chi connectivity index (χ2n) is 4.69. The number of hydrogen-bond acceptors (Lipinski definition) is 4. The van der Waals surface area contributed by atoms with Gasteiger partial charge >= 0.3 is 12.0 Å². The molecule has 7 nitrogen and oxygen atoms in total. The first kappa shape index (κ1) is 14.7. The molecule has 0 aliphatic heterocycles. The van der Waals surface area contributed by atoms with Crippen LogP contribution in [0.1, 0.15) is 19.8 Å². The van der Waals surface area contributed by atoms with Crippen molar-refractivity contribution in [3.8, 4) is 0 Å². The van der Waals surface area contributed by atoms with Gasteiger partial charge in [-0.1, -0.05) is 0 Å². The zero-order valence-electron chi connectivity index (χ0n) is 10.7. The fraction of sp³-hybridized carbons (Fsp3) is 0.818. The zero-order chi connectivity index (χ0) is 13.7. The summed E-state index contributed by atoms with van der Waals surface area (Å²) in [4.78, 5) is 23.9. The number of nitrogens with one attached hydrogen (secondary N) is 2. The van der Waals surface area contributed by atoms with E-state index in [9.17, 15) is 9.59 Å². The van der Waals surface area contributed by atoms with Gasteiger partial charge in [-0.15, -0.1) is 0 Å². The second kappa shape index (κ2) is 6.55. The molecule has 0 aromatic carbocycles. The van der Waals surface area contributed by atoms with Crippen LogP contribution < -0.4 is 10.6 Å². The third-order valence-corrected chi connectivity index (χ3v) is 3.12. The molecule has 104 valence electrons. The summed E-state index contributed by atoms with van der Waals surface area (Å²) >= 11 is 0. The van der Waals surface area contributed by atoms with E-state index in [1.165, 1.54) is 12.8 Å². The number of hydrogen-bond donors (Lipinski definition) is 4. The SMILES string of the molecule is CC(CNC(=O)NC[C@H](O)C(=O)O)N(C)C1CC1. The molecule has 4 N–H and O–H groups in total. The number of likely N-dealkylation sites (N-methyl/N-ethyl adjacent to an activating group) is 1. The summed E-state index contributed by atoms with van der Waals surface area (Å²) in [6.45, 7) is 2.21. The van der Waals surface area contributed by atoms with E-state index in [0.717, 1.165) is 0 Å². The molecule has 7 heteroatoms. The molecule has 0 heterocycles. The molecule has 1 fully saturated rings. The van der Waals surface area contributed by atoms with Gasteiger partial charge in [0, 0.05) is 18.6 Å². The molecule has 0 bridgehead atoms. The van der Waals surface area contributed by atoms with Crippen LogP contribution in [-0.4, -0.2) is 65.4 Å². The maximum atomic E-state index is 11.3. The van der Waals surface area contributed by atoms with Gasteiger partial charge in [-0.25, -0.2) is 9.59 Å². The topological polar surface area (TPSA) is 102 Å². The number of carboxylic acid groups (broad SMARTS) is 1. The third-order valence-electron chi connectivity index (χ3n) is 3.12. The minimum absolute atomic E-state index is 0.229. The van der Waals surface area contributed by atoms with E-state index in [1.807, 2.05) is 14.0 Å². The average Bonchev–Trinajstić information content (AvgIpc) is 3.15. The number of carbonyl (C=O) groups is 2. The van der Waals surface area contributed by atoms with Crippen LogP contribution in [0.3, 0.4) is 0 Å². The van der Waals surface area contributed by atoms with Gasteiger partial charge < -0.3 is 20.8 Å². The van der Waals surface area contributed by atoms with Crippen molar-refractivity contribution in [1.29, 1.82) is 0 Å². The second-order valence-corrected chi connectivity index (χ2v) is 4.69. The number of aliphatic carboxylic acids is 1. The molecule has 1 rings (SSSR count). The van der Waals surface area contributed by atoms with Crippen molar-refractivity contribution in [3.63, 3.8) is 0 Å². The maximum absolute atomic E-state index is 11.3. The van der Waals surface area contributed by atoms with Gasteiger partial charge in [-0.2, -0.15) is 0 Å². The number of nitrogens with zero attached hydrogens (tertiary/aromatic N) is 1. The lowest BCUT2D eigenvalue weighted by atomic mass is 10.3. The van der Waals surface area contributed by atoms with Gasteiger partial charge in [0.1, 0.15) is 0 Å². The van der Waals surface area contributed by atoms with Gasteiger partial charge in [0.2, 0.25) is 0 Å². The first-order valence-corrected chi connectivity index (χ1v) is 6.06. The number of rotatable bonds is 7. The number of urea groups is 1. The van der Waals surface area contributed by atoms with E-state index >= 15 is 0 Å². The third kappa shape index (κ3) is 4.89. The molecule has 0 saturated heterocycles. The number of aliphatic hydroxyl groups is 1. The van der Waals surface area contributed by atoms with Crippen LogP contribution in [-0.2, 0) is 4.79 Å². The highest BCUT2D eigenvalue weighted by molar-refractivity contribution is 5.76. The Morgan fingerprint density at radius 1 is 1.33 bits per heavy atom. The van der Waals surface area contributed by atoms with Gasteiger partial charge in [0.05, 0.1) is 6.54 Å². The zero-order valence-corrected chi connectivity index (χ0v) is 10.7. The molecule has 2 amide bonds. The molecule has 1 saturated carbocycles. The quantitative estimate of drug-likeness (QED) is 0.480. The molecule has 0 spiro atoms. The molecule has 2 atom stereocenters. The molecule has 0 aromatic rings. The first-order chi connectivity index (χ1) is 8.41. The van der Waals surface area contributed by atoms with E-state index in [4.69, 9.17) is 10.2 Å². The lowest BCUT2D eigenvalue weighted by Crippen LogP contribution is -2.46. The standard InChI is InChI=1S/C11H21N3O4/c1-7(14(2)8-3-4-8)5-12-11(18)13-6-9(15)10(16)17/h7-9,15H,3-6H2,1-2H3,(H,16,17)(H2,12,13,18)/t7?,9-/m0/s1. The fourth-order valence-electron chi connectivity index (χ4n) is 1.57. The van der Waals surface area contributed by atoms with E-state index in [1.54, 1.807) is 0 Å². The van der Waals surface area contributed by atoms with Crippen LogP contribution in [0.5, 0.6) is 0 Å². The van der Waals surface area contributed by atoms with Gasteiger partial charge in [-0.05, 0) is 26.8 Å². The highest BCUT2D eigenvalue weighted by Crippen LogP contribution is 2.26. The molecular formula is C11H21N3O4. The molecule has 1 unspecified atom stereocenters. The monoisotopic (exact) mass is 259 g/mol. The summed E-state index contributed by atoms with van der Waals surface area (Å²) in [6.07, 6.45) is 0.845. The van der Waals surface area contributed by atoms with Gasteiger partial charge in [0.25, 0.3) is 0 Å². The largest absolute Gasteiger partial charge is 0.479 e. The number of carboxylic acids is 1. The lowest BCUT2D eigenvalue weighted by Gasteiger charge is -2.24. The predicted octanol–water partition coefficient (Wildman–Crippen LogP) is -0.786. The smallest absolute Gasteiger partial charge is 0.334 e. The Morgan fingerprint density at radius 2 is 1.89 bits per heavy atom. The minimum atomic E-state index is -1.57. The molecule has 1 aliphatic carbocycles. The normalized spacial score (nSPS) is 18.2. The lowest BCUT2D eigenvalue weighted by molar-refractivity contribution is -0.146. The van der Waals surface area contributed by atoms with Gasteiger partial charge in [0.15, 0.2) is 6.10 Å². The van der Waals surface area contributed by atoms with Crippen molar-refractivity contribution in [2.45, 2.75) is 38.0 Å². The summed E-state index contributed by atoms with van der Waals surface area (Å²) in [5.41, 5.74) is 0. The van der Waals surface area contributed by atoms with Crippen LogP contribution in [0.25, 0.3) is 0 Å². The van der Waals surface area contributed by atoms with Crippen molar-refractivity contribution in [2.24, 2.45) is 0 Å². The first-order valence-electron chi connectivity index (χ1n) is 6.06. The highest BCUT2D eigenvalue weighted by Gasteiger charge is 2.29. The van der Waals surface area contributed by atoms with E-state index < -0.39 is 18.1 Å². The molecule has 18 heavy (non-hydrogen) atoms. The van der Waals surface area contributed by atoms with Crippen molar-refractivity contribution >= 4 is 12.0 Å². The maximum Gasteiger partial charge on any atom is 0.334 e.